The standard InChI is InChI=1S/C23H42N/c1-3-5-7-9-11-13-15-19-23-20-16-18-22-24(23)21-17-14-12-10-8-6-4-2/h16,18,20,22H,3-15,17,19,21H2,1-2H3/q+1. The Morgan fingerprint density at radius 2 is 1.17 bits per heavy atom. The number of aryl methyl sites for hydroxylation is 2. The predicted octanol–water partition coefficient (Wildman–Crippen LogP) is 7.02. The van der Waals surface area contributed by atoms with Gasteiger partial charge in [-0.2, -0.15) is 0 Å². The molecule has 0 saturated heterocycles. The first-order valence-corrected chi connectivity index (χ1v) is 10.9. The molecule has 0 spiro atoms. The summed E-state index contributed by atoms with van der Waals surface area (Å²) >= 11 is 0. The number of hydrogen-bond donors (Lipinski definition) is 0. The van der Waals surface area contributed by atoms with Gasteiger partial charge in [0.25, 0.3) is 0 Å². The second-order valence-electron chi connectivity index (χ2n) is 7.38. The van der Waals surface area contributed by atoms with Crippen LogP contribution in [0.15, 0.2) is 24.4 Å². The summed E-state index contributed by atoms with van der Waals surface area (Å²) in [4.78, 5) is 0. The van der Waals surface area contributed by atoms with Crippen LogP contribution in [0.3, 0.4) is 0 Å². The average Bonchev–Trinajstić information content (AvgIpc) is 2.61. The van der Waals surface area contributed by atoms with Crippen molar-refractivity contribution in [2.45, 2.75) is 117 Å². The van der Waals surface area contributed by atoms with Gasteiger partial charge in [-0.3, -0.25) is 0 Å². The van der Waals surface area contributed by atoms with Crippen LogP contribution in [0.1, 0.15) is 109 Å². The molecule has 24 heavy (non-hydrogen) atoms. The Morgan fingerprint density at radius 3 is 1.79 bits per heavy atom. The SMILES string of the molecule is CCCCCCCCCc1cccc[n+]1CCCCCCCCC. The van der Waals surface area contributed by atoms with Crippen LogP contribution in [0.4, 0.5) is 0 Å². The van der Waals surface area contributed by atoms with E-state index in [1.165, 1.54) is 109 Å². The summed E-state index contributed by atoms with van der Waals surface area (Å²) in [5.41, 5.74) is 1.54. The van der Waals surface area contributed by atoms with E-state index in [1.807, 2.05) is 0 Å². The summed E-state index contributed by atoms with van der Waals surface area (Å²) in [6.45, 7) is 5.79. The minimum absolute atomic E-state index is 1.21. The van der Waals surface area contributed by atoms with E-state index in [4.69, 9.17) is 0 Å². The van der Waals surface area contributed by atoms with E-state index in [-0.39, 0.29) is 0 Å². The molecule has 0 saturated carbocycles. The molecule has 1 rings (SSSR count). The third-order valence-electron chi connectivity index (χ3n) is 5.07. The molecule has 0 aliphatic carbocycles. The van der Waals surface area contributed by atoms with Gasteiger partial charge in [0.2, 0.25) is 0 Å². The fourth-order valence-corrected chi connectivity index (χ4v) is 3.46. The van der Waals surface area contributed by atoms with Gasteiger partial charge in [0.1, 0.15) is 6.54 Å². The van der Waals surface area contributed by atoms with Crippen molar-refractivity contribution in [3.05, 3.63) is 30.1 Å². The van der Waals surface area contributed by atoms with Gasteiger partial charge in [-0.05, 0) is 12.8 Å². The minimum Gasteiger partial charge on any atom is -0.202 e. The summed E-state index contributed by atoms with van der Waals surface area (Å²) < 4.78 is 2.50. The summed E-state index contributed by atoms with van der Waals surface area (Å²) in [5, 5.41) is 0. The van der Waals surface area contributed by atoms with Gasteiger partial charge in [-0.25, -0.2) is 4.57 Å². The molecule has 0 fully saturated rings. The lowest BCUT2D eigenvalue weighted by Crippen LogP contribution is -2.37. The number of rotatable bonds is 16. The van der Waals surface area contributed by atoms with Crippen LogP contribution in [0.5, 0.6) is 0 Å². The van der Waals surface area contributed by atoms with Crippen molar-refractivity contribution >= 4 is 0 Å². The van der Waals surface area contributed by atoms with Crippen molar-refractivity contribution in [2.24, 2.45) is 0 Å². The molecule has 138 valence electrons. The molecule has 0 N–H and O–H groups in total. The predicted molar refractivity (Wildman–Crippen MR) is 106 cm³/mol. The average molecular weight is 333 g/mol. The second-order valence-corrected chi connectivity index (χ2v) is 7.38. The largest absolute Gasteiger partial charge is 0.202 e. The van der Waals surface area contributed by atoms with E-state index in [9.17, 15) is 0 Å². The quantitative estimate of drug-likeness (QED) is 0.226. The van der Waals surface area contributed by atoms with Gasteiger partial charge in [-0.1, -0.05) is 90.5 Å². The molecule has 0 aromatic carbocycles. The molecule has 0 aliphatic rings. The molecule has 0 aliphatic heterocycles. The Morgan fingerprint density at radius 1 is 0.625 bits per heavy atom. The fourth-order valence-electron chi connectivity index (χ4n) is 3.46. The number of unbranched alkanes of at least 4 members (excludes halogenated alkanes) is 12. The highest BCUT2D eigenvalue weighted by Crippen LogP contribution is 2.10. The van der Waals surface area contributed by atoms with Crippen LogP contribution in [-0.2, 0) is 13.0 Å². The second kappa shape index (κ2) is 15.7. The molecule has 0 atom stereocenters. The van der Waals surface area contributed by atoms with Crippen molar-refractivity contribution in [3.8, 4) is 0 Å². The highest BCUT2D eigenvalue weighted by atomic mass is 14.9. The summed E-state index contributed by atoms with van der Waals surface area (Å²) in [6.07, 6.45) is 23.1. The van der Waals surface area contributed by atoms with E-state index in [0.29, 0.717) is 0 Å². The van der Waals surface area contributed by atoms with Gasteiger partial charge in [0.15, 0.2) is 11.9 Å². The smallest absolute Gasteiger partial charge is 0.181 e. The van der Waals surface area contributed by atoms with E-state index >= 15 is 0 Å². The van der Waals surface area contributed by atoms with Crippen molar-refractivity contribution in [2.75, 3.05) is 0 Å². The fraction of sp³-hybridized carbons (Fsp3) is 0.783. The van der Waals surface area contributed by atoms with Crippen LogP contribution < -0.4 is 4.57 Å². The maximum Gasteiger partial charge on any atom is 0.181 e. The zero-order chi connectivity index (χ0) is 17.3. The van der Waals surface area contributed by atoms with Crippen LogP contribution in [0.2, 0.25) is 0 Å². The van der Waals surface area contributed by atoms with Gasteiger partial charge >= 0.3 is 0 Å². The highest BCUT2D eigenvalue weighted by Gasteiger charge is 2.08. The Balaban J connectivity index is 2.14. The molecule has 0 radical (unpaired) electrons. The summed E-state index contributed by atoms with van der Waals surface area (Å²) in [7, 11) is 0. The first kappa shape index (κ1) is 21.2. The normalized spacial score (nSPS) is 11.1. The molecule has 1 nitrogen and oxygen atoms in total. The monoisotopic (exact) mass is 332 g/mol. The molecule has 1 heteroatoms. The number of aromatic nitrogens is 1. The van der Waals surface area contributed by atoms with Crippen molar-refractivity contribution in [1.29, 1.82) is 0 Å². The van der Waals surface area contributed by atoms with Crippen molar-refractivity contribution < 1.29 is 4.57 Å². The molecular weight excluding hydrogens is 290 g/mol. The summed E-state index contributed by atoms with van der Waals surface area (Å²) in [5.74, 6) is 0. The Labute approximate surface area is 151 Å². The highest BCUT2D eigenvalue weighted by molar-refractivity contribution is 4.97. The van der Waals surface area contributed by atoms with Gasteiger partial charge in [0.05, 0.1) is 0 Å². The van der Waals surface area contributed by atoms with Crippen molar-refractivity contribution in [3.63, 3.8) is 0 Å². The lowest BCUT2D eigenvalue weighted by atomic mass is 10.1. The zero-order valence-corrected chi connectivity index (χ0v) is 16.6. The maximum atomic E-state index is 2.50. The zero-order valence-electron chi connectivity index (χ0n) is 16.6. The lowest BCUT2D eigenvalue weighted by molar-refractivity contribution is -0.704. The lowest BCUT2D eigenvalue weighted by Gasteiger charge is -2.05. The number of hydrogen-bond acceptors (Lipinski definition) is 0. The van der Waals surface area contributed by atoms with Crippen LogP contribution in [0, 0.1) is 0 Å². The minimum atomic E-state index is 1.21. The molecule has 0 bridgehead atoms. The van der Waals surface area contributed by atoms with Crippen molar-refractivity contribution in [1.82, 2.24) is 0 Å². The Hall–Kier alpha value is -0.850. The van der Waals surface area contributed by atoms with Gasteiger partial charge < -0.3 is 0 Å². The van der Waals surface area contributed by atoms with E-state index in [1.54, 1.807) is 0 Å². The molecule has 1 heterocycles. The maximum absolute atomic E-state index is 2.50. The first-order valence-electron chi connectivity index (χ1n) is 10.9. The number of pyridine rings is 1. The third-order valence-corrected chi connectivity index (χ3v) is 5.07. The van der Waals surface area contributed by atoms with Crippen LogP contribution in [-0.4, -0.2) is 0 Å². The molecular formula is C23H42N+. The Bertz CT molecular complexity index is 348. The first-order chi connectivity index (χ1) is 11.9. The third kappa shape index (κ3) is 10.8. The van der Waals surface area contributed by atoms with E-state index in [0.717, 1.165) is 0 Å². The number of nitrogens with zero attached hydrogens (tertiary/aromatic N) is 1. The van der Waals surface area contributed by atoms with E-state index < -0.39 is 0 Å². The van der Waals surface area contributed by atoms with Gasteiger partial charge in [0, 0.05) is 25.0 Å². The van der Waals surface area contributed by atoms with E-state index in [2.05, 4.69) is 42.8 Å². The van der Waals surface area contributed by atoms with Crippen LogP contribution >= 0.6 is 0 Å². The topological polar surface area (TPSA) is 3.88 Å². The molecule has 1 aromatic rings. The summed E-state index contributed by atoms with van der Waals surface area (Å²) in [6, 6.07) is 6.73. The molecule has 0 amide bonds. The Kier molecular flexibility index (Phi) is 13.8. The molecule has 1 aromatic heterocycles. The van der Waals surface area contributed by atoms with Crippen LogP contribution in [0.25, 0.3) is 0 Å². The molecule has 0 unspecified atom stereocenters. The van der Waals surface area contributed by atoms with Gasteiger partial charge in [-0.15, -0.1) is 0 Å².